The molecule has 1 amide bonds. The van der Waals surface area contributed by atoms with Gasteiger partial charge in [0.2, 0.25) is 0 Å². The first-order valence-electron chi connectivity index (χ1n) is 8.08. The van der Waals surface area contributed by atoms with E-state index in [0.717, 1.165) is 28.6 Å². The lowest BCUT2D eigenvalue weighted by atomic mass is 10.0. The summed E-state index contributed by atoms with van der Waals surface area (Å²) in [6.45, 7) is 5.34. The van der Waals surface area contributed by atoms with Crippen molar-refractivity contribution in [1.29, 1.82) is 0 Å². The Labute approximate surface area is 137 Å². The molecular weight excluding hydrogens is 290 g/mol. The molecule has 0 bridgehead atoms. The molecule has 3 rings (SSSR count). The maximum absolute atomic E-state index is 13.1. The van der Waals surface area contributed by atoms with Gasteiger partial charge in [-0.2, -0.15) is 0 Å². The number of carbonyl (C=O) groups is 1. The number of aryl methyl sites for hydroxylation is 3. The normalized spacial score (nSPS) is 21.9. The van der Waals surface area contributed by atoms with Crippen LogP contribution in [0, 0.1) is 13.8 Å². The van der Waals surface area contributed by atoms with Crippen LogP contribution in [-0.2, 0) is 11.8 Å². The molecule has 0 aliphatic carbocycles. The first-order chi connectivity index (χ1) is 11.0. The van der Waals surface area contributed by atoms with Gasteiger partial charge in [0.05, 0.1) is 11.6 Å². The molecule has 1 fully saturated rings. The van der Waals surface area contributed by atoms with Gasteiger partial charge in [-0.3, -0.25) is 4.79 Å². The standard InChI is InChI=1S/C18H25N3O2/c1-11-6-5-7-13-12(2)17(20(3)16(11)13)18(22)21-9-8-14(19)15(10-21)23-4/h5-7,14-15H,8-10,19H2,1-4H3/t14-,15+/m0/s1. The van der Waals surface area contributed by atoms with Gasteiger partial charge in [0.25, 0.3) is 5.91 Å². The van der Waals surface area contributed by atoms with Crippen LogP contribution in [0.4, 0.5) is 0 Å². The highest BCUT2D eigenvalue weighted by molar-refractivity contribution is 6.02. The Morgan fingerprint density at radius 1 is 1.35 bits per heavy atom. The van der Waals surface area contributed by atoms with Crippen molar-refractivity contribution >= 4 is 16.8 Å². The molecule has 0 spiro atoms. The SMILES string of the molecule is CO[C@@H]1CN(C(=O)c2c(C)c3cccc(C)c3n2C)CC[C@@H]1N. The minimum atomic E-state index is -0.0931. The zero-order valence-corrected chi connectivity index (χ0v) is 14.3. The van der Waals surface area contributed by atoms with Crippen molar-refractivity contribution in [3.8, 4) is 0 Å². The van der Waals surface area contributed by atoms with Gasteiger partial charge in [-0.1, -0.05) is 18.2 Å². The summed E-state index contributed by atoms with van der Waals surface area (Å²) in [6, 6.07) is 6.20. The third kappa shape index (κ3) is 2.54. The summed E-state index contributed by atoms with van der Waals surface area (Å²) in [4.78, 5) is 15.0. The van der Waals surface area contributed by atoms with Crippen molar-refractivity contribution in [2.75, 3.05) is 20.2 Å². The second-order valence-corrected chi connectivity index (χ2v) is 6.48. The summed E-state index contributed by atoms with van der Waals surface area (Å²) in [5.74, 6) is 0.0644. The Hall–Kier alpha value is -1.85. The van der Waals surface area contributed by atoms with Gasteiger partial charge < -0.3 is 19.9 Å². The predicted octanol–water partition coefficient (Wildman–Crippen LogP) is 1.98. The third-order valence-electron chi connectivity index (χ3n) is 5.07. The van der Waals surface area contributed by atoms with Gasteiger partial charge in [0.1, 0.15) is 5.69 Å². The van der Waals surface area contributed by atoms with E-state index in [1.165, 1.54) is 5.56 Å². The summed E-state index contributed by atoms with van der Waals surface area (Å²) in [6.07, 6.45) is 0.677. The Balaban J connectivity index is 2.00. The predicted molar refractivity (Wildman–Crippen MR) is 91.7 cm³/mol. The molecule has 1 aliphatic heterocycles. The Morgan fingerprint density at radius 3 is 2.74 bits per heavy atom. The number of amides is 1. The van der Waals surface area contributed by atoms with E-state index >= 15 is 0 Å². The van der Waals surface area contributed by atoms with E-state index in [-0.39, 0.29) is 18.1 Å². The quantitative estimate of drug-likeness (QED) is 0.922. The van der Waals surface area contributed by atoms with Crippen molar-refractivity contribution in [3.05, 3.63) is 35.0 Å². The third-order valence-corrected chi connectivity index (χ3v) is 5.07. The number of benzene rings is 1. The van der Waals surface area contributed by atoms with Crippen LogP contribution in [0.5, 0.6) is 0 Å². The number of nitrogens with two attached hydrogens (primary N) is 1. The van der Waals surface area contributed by atoms with Crippen LogP contribution in [-0.4, -0.2) is 47.7 Å². The maximum Gasteiger partial charge on any atom is 0.270 e. The molecule has 0 saturated carbocycles. The number of ether oxygens (including phenoxy) is 1. The fraction of sp³-hybridized carbons (Fsp3) is 0.500. The van der Waals surface area contributed by atoms with E-state index in [1.807, 2.05) is 29.5 Å². The number of likely N-dealkylation sites (tertiary alicyclic amines) is 1. The molecule has 0 unspecified atom stereocenters. The Kier molecular flexibility index (Phi) is 4.17. The van der Waals surface area contributed by atoms with Crippen molar-refractivity contribution < 1.29 is 9.53 Å². The fourth-order valence-electron chi connectivity index (χ4n) is 3.72. The molecule has 124 valence electrons. The first kappa shape index (κ1) is 16.0. The van der Waals surface area contributed by atoms with Crippen LogP contribution >= 0.6 is 0 Å². The van der Waals surface area contributed by atoms with Crippen molar-refractivity contribution in [2.24, 2.45) is 12.8 Å². The van der Waals surface area contributed by atoms with Gasteiger partial charge in [0.15, 0.2) is 0 Å². The molecule has 0 radical (unpaired) electrons. The molecule has 2 atom stereocenters. The topological polar surface area (TPSA) is 60.5 Å². The van der Waals surface area contributed by atoms with E-state index in [4.69, 9.17) is 10.5 Å². The molecular formula is C18H25N3O2. The lowest BCUT2D eigenvalue weighted by Gasteiger charge is -2.36. The highest BCUT2D eigenvalue weighted by Crippen LogP contribution is 2.28. The zero-order valence-electron chi connectivity index (χ0n) is 14.3. The Morgan fingerprint density at radius 2 is 2.09 bits per heavy atom. The molecule has 2 N–H and O–H groups in total. The number of nitrogens with zero attached hydrogens (tertiary/aromatic N) is 2. The van der Waals surface area contributed by atoms with Crippen molar-refractivity contribution in [3.63, 3.8) is 0 Å². The number of aromatic nitrogens is 1. The molecule has 1 aliphatic rings. The molecule has 1 aromatic carbocycles. The minimum absolute atomic E-state index is 0.000115. The molecule has 5 heteroatoms. The second kappa shape index (κ2) is 5.98. The van der Waals surface area contributed by atoms with E-state index in [0.29, 0.717) is 13.1 Å². The van der Waals surface area contributed by atoms with Crippen LogP contribution in [0.25, 0.3) is 10.9 Å². The number of hydrogen-bond donors (Lipinski definition) is 1. The number of fused-ring (bicyclic) bond motifs is 1. The van der Waals surface area contributed by atoms with Gasteiger partial charge in [-0.15, -0.1) is 0 Å². The molecule has 5 nitrogen and oxygen atoms in total. The summed E-state index contributed by atoms with van der Waals surface area (Å²) < 4.78 is 7.46. The number of hydrogen-bond acceptors (Lipinski definition) is 3. The molecule has 2 aromatic rings. The maximum atomic E-state index is 13.1. The lowest BCUT2D eigenvalue weighted by Crippen LogP contribution is -2.53. The molecule has 1 saturated heterocycles. The van der Waals surface area contributed by atoms with Gasteiger partial charge in [-0.05, 0) is 31.4 Å². The summed E-state index contributed by atoms with van der Waals surface area (Å²) in [5.41, 5.74) is 10.2. The monoisotopic (exact) mass is 315 g/mol. The van der Waals surface area contributed by atoms with E-state index in [9.17, 15) is 4.79 Å². The van der Waals surface area contributed by atoms with E-state index < -0.39 is 0 Å². The van der Waals surface area contributed by atoms with Crippen LogP contribution in [0.2, 0.25) is 0 Å². The van der Waals surface area contributed by atoms with Gasteiger partial charge >= 0.3 is 0 Å². The van der Waals surface area contributed by atoms with Crippen molar-refractivity contribution in [1.82, 2.24) is 9.47 Å². The van der Waals surface area contributed by atoms with Crippen LogP contribution in [0.15, 0.2) is 18.2 Å². The summed E-state index contributed by atoms with van der Waals surface area (Å²) >= 11 is 0. The fourth-order valence-corrected chi connectivity index (χ4v) is 3.72. The smallest absolute Gasteiger partial charge is 0.270 e. The van der Waals surface area contributed by atoms with Crippen LogP contribution < -0.4 is 5.73 Å². The highest BCUT2D eigenvalue weighted by atomic mass is 16.5. The molecule has 1 aromatic heterocycles. The second-order valence-electron chi connectivity index (χ2n) is 6.48. The Bertz CT molecular complexity index is 750. The van der Waals surface area contributed by atoms with E-state index in [2.05, 4.69) is 19.1 Å². The number of piperidine rings is 1. The average molecular weight is 315 g/mol. The highest BCUT2D eigenvalue weighted by Gasteiger charge is 2.32. The largest absolute Gasteiger partial charge is 0.378 e. The summed E-state index contributed by atoms with van der Waals surface area (Å²) in [7, 11) is 3.63. The molecule has 2 heterocycles. The zero-order chi connectivity index (χ0) is 16.7. The number of para-hydroxylation sites is 1. The summed E-state index contributed by atoms with van der Waals surface area (Å²) in [5, 5.41) is 1.15. The van der Waals surface area contributed by atoms with Crippen molar-refractivity contribution in [2.45, 2.75) is 32.4 Å². The number of rotatable bonds is 2. The van der Waals surface area contributed by atoms with E-state index in [1.54, 1.807) is 7.11 Å². The van der Waals surface area contributed by atoms with Gasteiger partial charge in [0, 0.05) is 38.7 Å². The molecule has 23 heavy (non-hydrogen) atoms. The van der Waals surface area contributed by atoms with Crippen LogP contribution in [0.1, 0.15) is 28.0 Å². The average Bonchev–Trinajstić information content (AvgIpc) is 2.79. The van der Waals surface area contributed by atoms with Gasteiger partial charge in [-0.25, -0.2) is 0 Å². The minimum Gasteiger partial charge on any atom is -0.378 e. The first-order valence-corrected chi connectivity index (χ1v) is 8.08. The number of carbonyl (C=O) groups excluding carboxylic acids is 1. The lowest BCUT2D eigenvalue weighted by molar-refractivity contribution is 0.0157. The van der Waals surface area contributed by atoms with Crippen LogP contribution in [0.3, 0.4) is 0 Å². The number of methoxy groups -OCH3 is 1.